The van der Waals surface area contributed by atoms with Gasteiger partial charge in [0.05, 0.1) is 44.8 Å². The third-order valence-corrected chi connectivity index (χ3v) is 6.84. The van der Waals surface area contributed by atoms with E-state index in [-0.39, 0.29) is 11.9 Å². The van der Waals surface area contributed by atoms with Gasteiger partial charge in [0, 0.05) is 23.6 Å². The monoisotopic (exact) mass is 486 g/mol. The normalized spacial score (nSPS) is 15.0. The van der Waals surface area contributed by atoms with Crippen molar-refractivity contribution in [1.82, 2.24) is 20.1 Å². The van der Waals surface area contributed by atoms with Gasteiger partial charge in [-0.3, -0.25) is 4.79 Å². The molecule has 0 saturated heterocycles. The molecule has 0 saturated carbocycles. The van der Waals surface area contributed by atoms with Gasteiger partial charge in [0.25, 0.3) is 5.91 Å². The fourth-order valence-electron chi connectivity index (χ4n) is 5.06. The van der Waals surface area contributed by atoms with Crippen LogP contribution in [0.15, 0.2) is 55.0 Å². The number of methoxy groups -OCH3 is 2. The number of fused-ring (bicyclic) bond motifs is 2. The van der Waals surface area contributed by atoms with E-state index in [0.717, 1.165) is 47.2 Å². The van der Waals surface area contributed by atoms with Crippen LogP contribution in [0.1, 0.15) is 46.4 Å². The van der Waals surface area contributed by atoms with E-state index < -0.39 is 0 Å². The van der Waals surface area contributed by atoms with Crippen LogP contribution in [0.25, 0.3) is 10.9 Å². The Kier molecular flexibility index (Phi) is 6.75. The molecule has 1 aliphatic rings. The van der Waals surface area contributed by atoms with Gasteiger partial charge >= 0.3 is 0 Å². The number of H-pyrrole nitrogens is 1. The van der Waals surface area contributed by atoms with Crippen molar-refractivity contribution >= 4 is 16.8 Å². The van der Waals surface area contributed by atoms with Gasteiger partial charge in [0.15, 0.2) is 11.5 Å². The Hall–Kier alpha value is -4.07. The number of nitrogens with zero attached hydrogens (tertiary/aromatic N) is 3. The smallest absolute Gasteiger partial charge is 0.256 e. The predicted molar refractivity (Wildman–Crippen MR) is 137 cm³/mol. The molecule has 4 aromatic rings. The molecule has 5 rings (SSSR count). The highest BCUT2D eigenvalue weighted by atomic mass is 16.5. The molecule has 0 fully saturated rings. The third kappa shape index (κ3) is 4.46. The van der Waals surface area contributed by atoms with Crippen molar-refractivity contribution in [3.8, 4) is 17.2 Å². The largest absolute Gasteiger partial charge is 0.497 e. The Balaban J connectivity index is 1.52. The van der Waals surface area contributed by atoms with Crippen molar-refractivity contribution in [2.75, 3.05) is 27.4 Å². The Morgan fingerprint density at radius 1 is 1.11 bits per heavy atom. The average Bonchev–Trinajstić information content (AvgIpc) is 3.33. The van der Waals surface area contributed by atoms with Crippen molar-refractivity contribution in [1.29, 1.82) is 0 Å². The molecule has 1 unspecified atom stereocenters. The lowest BCUT2D eigenvalue weighted by atomic mass is 9.88. The van der Waals surface area contributed by atoms with Crippen LogP contribution in [0.2, 0.25) is 0 Å². The van der Waals surface area contributed by atoms with Crippen LogP contribution in [0.4, 0.5) is 0 Å². The quantitative estimate of drug-likeness (QED) is 0.387. The van der Waals surface area contributed by atoms with E-state index >= 15 is 0 Å². The Bertz CT molecular complexity index is 1370. The molecule has 0 bridgehead atoms. The lowest BCUT2D eigenvalue weighted by Crippen LogP contribution is -2.40. The molecule has 1 atom stereocenters. The third-order valence-electron chi connectivity index (χ3n) is 6.84. The molecule has 2 aromatic carbocycles. The first-order valence-electron chi connectivity index (χ1n) is 12.2. The van der Waals surface area contributed by atoms with E-state index in [9.17, 15) is 4.79 Å². The number of rotatable bonds is 8. The van der Waals surface area contributed by atoms with Gasteiger partial charge in [0.1, 0.15) is 5.75 Å². The molecule has 2 aromatic heterocycles. The Morgan fingerprint density at radius 2 is 2.00 bits per heavy atom. The molecule has 0 spiro atoms. The summed E-state index contributed by atoms with van der Waals surface area (Å²) in [5.74, 6) is 2.19. The topological polar surface area (TPSA) is 89.6 Å². The van der Waals surface area contributed by atoms with E-state index in [4.69, 9.17) is 14.2 Å². The van der Waals surface area contributed by atoms with Gasteiger partial charge in [-0.15, -0.1) is 0 Å². The molecule has 0 radical (unpaired) electrons. The Morgan fingerprint density at radius 3 is 2.75 bits per heavy atom. The minimum absolute atomic E-state index is 0.0464. The first-order valence-corrected chi connectivity index (χ1v) is 12.2. The van der Waals surface area contributed by atoms with Gasteiger partial charge in [-0.2, -0.15) is 10.2 Å². The number of carbonyl (C=O) groups is 1. The molecule has 8 nitrogen and oxygen atoms in total. The average molecular weight is 487 g/mol. The molecular weight excluding hydrogens is 456 g/mol. The summed E-state index contributed by atoms with van der Waals surface area (Å²) in [5, 5.41) is 8.88. The van der Waals surface area contributed by atoms with Gasteiger partial charge in [-0.05, 0) is 79.3 Å². The summed E-state index contributed by atoms with van der Waals surface area (Å²) < 4.78 is 16.9. The fourth-order valence-corrected chi connectivity index (χ4v) is 5.06. The number of hydrogen-bond acceptors (Lipinski definition) is 6. The van der Waals surface area contributed by atoms with Gasteiger partial charge in [-0.1, -0.05) is 0 Å². The molecule has 8 heteroatoms. The maximum Gasteiger partial charge on any atom is 0.256 e. The van der Waals surface area contributed by atoms with E-state index in [2.05, 4.69) is 27.3 Å². The molecule has 1 aliphatic heterocycles. The molecule has 0 aliphatic carbocycles. The summed E-state index contributed by atoms with van der Waals surface area (Å²) >= 11 is 0. The first-order chi connectivity index (χ1) is 17.6. The van der Waals surface area contributed by atoms with Crippen LogP contribution >= 0.6 is 0 Å². The van der Waals surface area contributed by atoms with Crippen molar-refractivity contribution in [3.63, 3.8) is 0 Å². The number of nitrogens with one attached hydrogen (secondary N) is 1. The van der Waals surface area contributed by atoms with Crippen LogP contribution in [0.5, 0.6) is 17.2 Å². The molecule has 186 valence electrons. The molecule has 36 heavy (non-hydrogen) atoms. The van der Waals surface area contributed by atoms with Crippen molar-refractivity contribution < 1.29 is 19.0 Å². The molecular formula is C28H30N4O4. The summed E-state index contributed by atoms with van der Waals surface area (Å²) in [6.45, 7) is 3.09. The Labute approximate surface area is 210 Å². The second-order valence-corrected chi connectivity index (χ2v) is 8.79. The van der Waals surface area contributed by atoms with E-state index in [1.165, 1.54) is 17.3 Å². The van der Waals surface area contributed by atoms with E-state index in [0.29, 0.717) is 24.5 Å². The highest BCUT2D eigenvalue weighted by molar-refractivity contribution is 5.94. The number of carbonyl (C=O) groups excluding carboxylic acids is 1. The molecule has 1 amide bonds. The molecule has 1 N–H and O–H groups in total. The zero-order valence-electron chi connectivity index (χ0n) is 20.8. The lowest BCUT2D eigenvalue weighted by molar-refractivity contribution is 0.0649. The number of aryl methyl sites for hydroxylation is 1. The number of benzene rings is 2. The minimum Gasteiger partial charge on any atom is -0.497 e. The van der Waals surface area contributed by atoms with E-state index in [1.54, 1.807) is 26.5 Å². The maximum absolute atomic E-state index is 13.6. The van der Waals surface area contributed by atoms with E-state index in [1.807, 2.05) is 36.2 Å². The zero-order chi connectivity index (χ0) is 25.1. The first kappa shape index (κ1) is 23.7. The minimum atomic E-state index is -0.130. The van der Waals surface area contributed by atoms with Crippen LogP contribution in [-0.4, -0.2) is 53.4 Å². The SMILES string of the molecule is CCOc1cc2c(cc1OC)CCN(C(=O)c1ccnnc1)C2CCc1c[nH]c2ccc(OC)cc12. The van der Waals surface area contributed by atoms with Crippen LogP contribution in [0.3, 0.4) is 0 Å². The standard InChI is InChI=1S/C28H30N4O4/c1-4-36-27-15-23-18(13-26(27)35-3)10-12-32(28(33)20-9-11-30-31-17-20)25(23)8-5-19-16-29-24-7-6-21(34-2)14-22(19)24/h6-7,9,11,13-17,25,29H,4-5,8,10,12H2,1-3H3. The highest BCUT2D eigenvalue weighted by Gasteiger charge is 2.33. The predicted octanol–water partition coefficient (Wildman–Crippen LogP) is 4.75. The van der Waals surface area contributed by atoms with Crippen LogP contribution < -0.4 is 14.2 Å². The lowest BCUT2D eigenvalue weighted by Gasteiger charge is -2.38. The van der Waals surface area contributed by atoms with Gasteiger partial charge in [-0.25, -0.2) is 0 Å². The number of amides is 1. The molecule has 3 heterocycles. The van der Waals surface area contributed by atoms with Crippen LogP contribution in [-0.2, 0) is 12.8 Å². The fraction of sp³-hybridized carbons (Fsp3) is 0.321. The number of ether oxygens (including phenoxy) is 3. The second-order valence-electron chi connectivity index (χ2n) is 8.79. The van der Waals surface area contributed by atoms with Crippen molar-refractivity contribution in [2.24, 2.45) is 0 Å². The summed E-state index contributed by atoms with van der Waals surface area (Å²) in [6.07, 6.45) is 7.40. The summed E-state index contributed by atoms with van der Waals surface area (Å²) in [7, 11) is 3.33. The second kappa shape index (κ2) is 10.3. The summed E-state index contributed by atoms with van der Waals surface area (Å²) in [5.41, 5.74) is 5.06. The van der Waals surface area contributed by atoms with Gasteiger partial charge in [0.2, 0.25) is 0 Å². The zero-order valence-corrected chi connectivity index (χ0v) is 20.8. The maximum atomic E-state index is 13.6. The van der Waals surface area contributed by atoms with Gasteiger partial charge < -0.3 is 24.1 Å². The summed E-state index contributed by atoms with van der Waals surface area (Å²) in [6, 6.07) is 11.7. The summed E-state index contributed by atoms with van der Waals surface area (Å²) in [4.78, 5) is 18.9. The number of hydrogen-bond donors (Lipinski definition) is 1. The van der Waals surface area contributed by atoms with Crippen molar-refractivity contribution in [2.45, 2.75) is 32.2 Å². The van der Waals surface area contributed by atoms with Crippen LogP contribution in [0, 0.1) is 0 Å². The number of aromatic nitrogens is 3. The highest BCUT2D eigenvalue weighted by Crippen LogP contribution is 2.41. The van der Waals surface area contributed by atoms with Crippen molar-refractivity contribution in [3.05, 3.63) is 77.2 Å². The number of aromatic amines is 1.